The smallest absolute Gasteiger partial charge is 0.0327 e. The van der Waals surface area contributed by atoms with E-state index < -0.39 is 0 Å². The monoisotopic (exact) mass is 240 g/mol. The zero-order valence-electron chi connectivity index (χ0n) is 12.6. The molecule has 1 saturated carbocycles. The van der Waals surface area contributed by atoms with Crippen molar-refractivity contribution in [3.8, 4) is 0 Å². The zero-order valence-corrected chi connectivity index (χ0v) is 12.6. The average molecular weight is 240 g/mol. The molecule has 1 aliphatic rings. The Labute approximate surface area is 108 Å². The summed E-state index contributed by atoms with van der Waals surface area (Å²) < 4.78 is 0. The second kappa shape index (κ2) is 6.75. The molecule has 0 aliphatic heterocycles. The molecule has 2 nitrogen and oxygen atoms in total. The van der Waals surface area contributed by atoms with Crippen LogP contribution in [0.5, 0.6) is 0 Å². The molecule has 0 heterocycles. The minimum absolute atomic E-state index is 0.417. The number of hydrogen-bond acceptors (Lipinski definition) is 2. The first-order valence-corrected chi connectivity index (χ1v) is 7.42. The highest BCUT2D eigenvalue weighted by atomic mass is 15.2. The topological polar surface area (TPSA) is 15.3 Å². The molecule has 0 saturated heterocycles. The van der Waals surface area contributed by atoms with Crippen LogP contribution in [0.1, 0.15) is 59.3 Å². The first-order chi connectivity index (χ1) is 8.02. The maximum atomic E-state index is 3.82. The molecule has 1 rings (SSSR count). The fourth-order valence-corrected chi connectivity index (χ4v) is 3.16. The van der Waals surface area contributed by atoms with E-state index in [4.69, 9.17) is 0 Å². The van der Waals surface area contributed by atoms with Crippen LogP contribution in [-0.2, 0) is 0 Å². The largest absolute Gasteiger partial charge is 0.312 e. The van der Waals surface area contributed by atoms with Crippen molar-refractivity contribution < 1.29 is 0 Å². The van der Waals surface area contributed by atoms with Crippen LogP contribution in [0.3, 0.4) is 0 Å². The lowest BCUT2D eigenvalue weighted by Gasteiger charge is -2.44. The molecule has 1 aliphatic carbocycles. The number of nitrogens with one attached hydrogen (secondary N) is 1. The lowest BCUT2D eigenvalue weighted by Crippen LogP contribution is -2.55. The summed E-state index contributed by atoms with van der Waals surface area (Å²) in [5.74, 6) is 0.739. The predicted molar refractivity (Wildman–Crippen MR) is 76.4 cm³/mol. The summed E-state index contributed by atoms with van der Waals surface area (Å²) in [4.78, 5) is 2.46. The molecule has 1 fully saturated rings. The van der Waals surface area contributed by atoms with Gasteiger partial charge < -0.3 is 10.2 Å². The molecule has 1 atom stereocenters. The Morgan fingerprint density at radius 2 is 1.71 bits per heavy atom. The molecule has 0 aromatic carbocycles. The van der Waals surface area contributed by atoms with Gasteiger partial charge in [0.1, 0.15) is 0 Å². The van der Waals surface area contributed by atoms with Crippen molar-refractivity contribution in [2.24, 2.45) is 5.92 Å². The van der Waals surface area contributed by atoms with E-state index >= 15 is 0 Å². The number of nitrogens with zero attached hydrogens (tertiary/aromatic N) is 1. The second-order valence-corrected chi connectivity index (χ2v) is 6.32. The van der Waals surface area contributed by atoms with E-state index in [1.165, 1.54) is 38.5 Å². The number of hydrogen-bond donors (Lipinski definition) is 1. The molecule has 102 valence electrons. The fourth-order valence-electron chi connectivity index (χ4n) is 3.16. The first-order valence-electron chi connectivity index (χ1n) is 7.42. The average Bonchev–Trinajstić information content (AvgIpc) is 2.30. The normalized spacial score (nSPS) is 22.1. The van der Waals surface area contributed by atoms with Crippen molar-refractivity contribution in [2.75, 3.05) is 20.6 Å². The van der Waals surface area contributed by atoms with Gasteiger partial charge in [-0.3, -0.25) is 0 Å². The van der Waals surface area contributed by atoms with Crippen molar-refractivity contribution in [3.05, 3.63) is 0 Å². The highest BCUT2D eigenvalue weighted by Crippen LogP contribution is 2.31. The van der Waals surface area contributed by atoms with E-state index in [1.807, 2.05) is 0 Å². The van der Waals surface area contributed by atoms with Gasteiger partial charge in [0.25, 0.3) is 0 Å². The maximum absolute atomic E-state index is 3.82. The molecule has 0 aromatic heterocycles. The van der Waals surface area contributed by atoms with E-state index in [2.05, 4.69) is 45.1 Å². The van der Waals surface area contributed by atoms with E-state index in [9.17, 15) is 0 Å². The van der Waals surface area contributed by atoms with Gasteiger partial charge in [0.15, 0.2) is 0 Å². The Hall–Kier alpha value is -0.0800. The molecule has 1 unspecified atom stereocenters. The van der Waals surface area contributed by atoms with Gasteiger partial charge >= 0.3 is 0 Å². The van der Waals surface area contributed by atoms with Crippen LogP contribution in [-0.4, -0.2) is 37.1 Å². The van der Waals surface area contributed by atoms with Gasteiger partial charge in [-0.1, -0.05) is 40.0 Å². The minimum Gasteiger partial charge on any atom is -0.312 e. The third kappa shape index (κ3) is 3.96. The van der Waals surface area contributed by atoms with E-state index in [0.29, 0.717) is 11.6 Å². The van der Waals surface area contributed by atoms with Crippen molar-refractivity contribution in [1.82, 2.24) is 10.2 Å². The van der Waals surface area contributed by atoms with Gasteiger partial charge in [0.2, 0.25) is 0 Å². The quantitative estimate of drug-likeness (QED) is 0.766. The molecule has 17 heavy (non-hydrogen) atoms. The van der Waals surface area contributed by atoms with Crippen LogP contribution >= 0.6 is 0 Å². The van der Waals surface area contributed by atoms with Gasteiger partial charge in [-0.05, 0) is 39.3 Å². The lowest BCUT2D eigenvalue weighted by atomic mass is 9.80. The number of rotatable bonds is 6. The van der Waals surface area contributed by atoms with Crippen LogP contribution in [0.4, 0.5) is 0 Å². The van der Waals surface area contributed by atoms with Crippen molar-refractivity contribution >= 4 is 0 Å². The molecular formula is C15H32N2. The summed E-state index contributed by atoms with van der Waals surface area (Å²) in [6.07, 6.45) is 8.19. The molecular weight excluding hydrogens is 208 g/mol. The van der Waals surface area contributed by atoms with Gasteiger partial charge in [-0.25, -0.2) is 0 Å². The van der Waals surface area contributed by atoms with Crippen LogP contribution in [0.2, 0.25) is 0 Å². The lowest BCUT2D eigenvalue weighted by molar-refractivity contribution is 0.0925. The van der Waals surface area contributed by atoms with Crippen molar-refractivity contribution in [2.45, 2.75) is 70.9 Å². The van der Waals surface area contributed by atoms with E-state index in [1.54, 1.807) is 0 Å². The molecule has 0 radical (unpaired) electrons. The number of likely N-dealkylation sites (N-methyl/N-ethyl adjacent to an activating group) is 1. The second-order valence-electron chi connectivity index (χ2n) is 6.32. The highest BCUT2D eigenvalue weighted by molar-refractivity contribution is 4.93. The Balaban J connectivity index is 2.55. The highest BCUT2D eigenvalue weighted by Gasteiger charge is 2.34. The van der Waals surface area contributed by atoms with Crippen LogP contribution < -0.4 is 5.32 Å². The summed E-state index contributed by atoms with van der Waals surface area (Å²) >= 11 is 0. The molecule has 0 aromatic rings. The molecule has 0 spiro atoms. The van der Waals surface area contributed by atoms with Crippen LogP contribution in [0.15, 0.2) is 0 Å². The van der Waals surface area contributed by atoms with Gasteiger partial charge in [-0.15, -0.1) is 0 Å². The summed E-state index contributed by atoms with van der Waals surface area (Å²) in [5.41, 5.74) is 0.417. The molecule has 0 bridgehead atoms. The van der Waals surface area contributed by atoms with Crippen molar-refractivity contribution in [3.63, 3.8) is 0 Å². The van der Waals surface area contributed by atoms with E-state index in [0.717, 1.165) is 12.5 Å². The predicted octanol–water partition coefficient (Wildman–Crippen LogP) is 3.28. The summed E-state index contributed by atoms with van der Waals surface area (Å²) in [6, 6.07) is 0.675. The third-order valence-electron chi connectivity index (χ3n) is 4.67. The van der Waals surface area contributed by atoms with Crippen LogP contribution in [0.25, 0.3) is 0 Å². The summed E-state index contributed by atoms with van der Waals surface area (Å²) in [5, 5.41) is 3.82. The Morgan fingerprint density at radius 1 is 1.12 bits per heavy atom. The summed E-state index contributed by atoms with van der Waals surface area (Å²) in [7, 11) is 4.51. The standard InChI is InChI=1S/C15H32N2/c1-6-14(13(2)3)16-12-15(17(4)5)10-8-7-9-11-15/h13-14,16H,6-12H2,1-5H3. The molecule has 1 N–H and O–H groups in total. The van der Waals surface area contributed by atoms with Crippen molar-refractivity contribution in [1.29, 1.82) is 0 Å². The maximum Gasteiger partial charge on any atom is 0.0327 e. The summed E-state index contributed by atoms with van der Waals surface area (Å²) in [6.45, 7) is 8.10. The van der Waals surface area contributed by atoms with Gasteiger partial charge in [0, 0.05) is 18.1 Å². The fraction of sp³-hybridized carbons (Fsp3) is 1.00. The zero-order chi connectivity index (χ0) is 12.9. The minimum atomic E-state index is 0.417. The van der Waals surface area contributed by atoms with Gasteiger partial charge in [0.05, 0.1) is 0 Å². The molecule has 0 amide bonds. The first kappa shape index (κ1) is 15.0. The van der Waals surface area contributed by atoms with Crippen LogP contribution in [0, 0.1) is 5.92 Å². The Bertz CT molecular complexity index is 205. The van der Waals surface area contributed by atoms with E-state index in [-0.39, 0.29) is 0 Å². The Morgan fingerprint density at radius 3 is 2.12 bits per heavy atom. The Kier molecular flexibility index (Phi) is 5.94. The van der Waals surface area contributed by atoms with Gasteiger partial charge in [-0.2, -0.15) is 0 Å². The SMILES string of the molecule is CCC(NCC1(N(C)C)CCCCC1)C(C)C. The molecule has 2 heteroatoms. The third-order valence-corrected chi connectivity index (χ3v) is 4.67.